The molecule has 0 aliphatic rings. The number of hydrogen-bond donors (Lipinski definition) is 0. The van der Waals surface area contributed by atoms with Gasteiger partial charge in [-0.25, -0.2) is 4.42 Å². The lowest BCUT2D eigenvalue weighted by Crippen LogP contribution is -3.00. The van der Waals surface area contributed by atoms with Gasteiger partial charge in [0.15, 0.2) is 0 Å². The van der Waals surface area contributed by atoms with E-state index in [4.69, 9.17) is 9.15 Å². The van der Waals surface area contributed by atoms with E-state index in [-0.39, 0.29) is 4.70 Å². The van der Waals surface area contributed by atoms with Crippen molar-refractivity contribution >= 4 is 7.54 Å². The molecule has 0 saturated carbocycles. The maximum absolute atomic E-state index is 9.67. The van der Waals surface area contributed by atoms with E-state index >= 15 is 0 Å². The Balaban J connectivity index is 0.000000631. The molecular weight excluding hydrogens is 407 g/mol. The van der Waals surface area contributed by atoms with Crippen molar-refractivity contribution in [2.24, 2.45) is 0 Å². The normalized spacial score (nSPS) is 9.68. The molecule has 31 heavy (non-hydrogen) atoms. The molecule has 0 fully saturated rings. The molecule has 0 aliphatic heterocycles. The van der Waals surface area contributed by atoms with Crippen molar-refractivity contribution in [3.8, 4) is 39.5 Å². The van der Waals surface area contributed by atoms with Gasteiger partial charge < -0.3 is 9.44 Å². The van der Waals surface area contributed by atoms with Crippen molar-refractivity contribution in [2.45, 2.75) is 0 Å². The summed E-state index contributed by atoms with van der Waals surface area (Å²) in [4.78, 5) is 0. The summed E-state index contributed by atoms with van der Waals surface area (Å²) < 4.78 is 40.5. The lowest BCUT2D eigenvalue weighted by atomic mass is 10.0. The zero-order chi connectivity index (χ0) is 21.3. The lowest BCUT2D eigenvalue weighted by molar-refractivity contribution is -0.00000947. The number of halogens is 4. The summed E-state index contributed by atoms with van der Waals surface area (Å²) in [5.41, 5.74) is 4.34. The van der Waals surface area contributed by atoms with Gasteiger partial charge in [0.1, 0.15) is 5.75 Å². The standard InChI is InChI=1S/C24H19O2.BF3.FH/c1-25-22-14-12-18(13-15-22)21-16-23(19-8-4-2-5-9-19)26-24(17-21)20-10-6-3-7-11-20;2-1(3)4;/h2-17H,1H3;;1H/q+1;;/p-1. The minimum absolute atomic E-state index is 0. The van der Waals surface area contributed by atoms with Crippen LogP contribution in [0.4, 0.5) is 12.9 Å². The number of benzene rings is 3. The van der Waals surface area contributed by atoms with Crippen LogP contribution in [0.2, 0.25) is 0 Å². The van der Waals surface area contributed by atoms with Crippen LogP contribution in [0.3, 0.4) is 0 Å². The molecule has 0 bridgehead atoms. The second kappa shape index (κ2) is 11.5. The average molecular weight is 426 g/mol. The predicted octanol–water partition coefficient (Wildman–Crippen LogP) is 4.45. The Hall–Kier alpha value is -3.61. The molecule has 7 heteroatoms. The molecular formula is C24H19BF4O2. The van der Waals surface area contributed by atoms with Gasteiger partial charge >= 0.3 is 19.1 Å². The Kier molecular flexibility index (Phi) is 8.82. The first kappa shape index (κ1) is 23.7. The van der Waals surface area contributed by atoms with Gasteiger partial charge in [0, 0.05) is 5.56 Å². The molecule has 4 rings (SSSR count). The van der Waals surface area contributed by atoms with Crippen LogP contribution in [-0.2, 0) is 0 Å². The molecule has 4 aromatic rings. The second-order valence-electron chi connectivity index (χ2n) is 6.28. The minimum atomic E-state index is -3.67. The van der Waals surface area contributed by atoms with E-state index in [0.29, 0.717) is 0 Å². The SMILES string of the molecule is COc1ccc(-c2cc(-c3ccccc3)[o+]c(-c3ccccc3)c2)cc1.FB(F)F.[F-]. The van der Waals surface area contributed by atoms with Crippen molar-refractivity contribution < 1.29 is 26.8 Å². The van der Waals surface area contributed by atoms with Crippen molar-refractivity contribution in [1.29, 1.82) is 0 Å². The fourth-order valence-electron chi connectivity index (χ4n) is 2.94. The third kappa shape index (κ3) is 6.71. The zero-order valence-electron chi connectivity index (χ0n) is 16.6. The molecule has 0 saturated heterocycles. The van der Waals surface area contributed by atoms with Gasteiger partial charge in [-0.05, 0) is 42.0 Å². The van der Waals surface area contributed by atoms with E-state index in [0.717, 1.165) is 39.5 Å². The molecule has 0 N–H and O–H groups in total. The summed E-state index contributed by atoms with van der Waals surface area (Å²) in [6.45, 7) is 0. The second-order valence-corrected chi connectivity index (χ2v) is 6.28. The van der Waals surface area contributed by atoms with Crippen LogP contribution >= 0.6 is 0 Å². The summed E-state index contributed by atoms with van der Waals surface area (Å²) >= 11 is 0. The first-order valence-electron chi connectivity index (χ1n) is 9.22. The first-order valence-corrected chi connectivity index (χ1v) is 9.22. The molecule has 3 aromatic carbocycles. The highest BCUT2D eigenvalue weighted by Crippen LogP contribution is 2.33. The van der Waals surface area contributed by atoms with Gasteiger partial charge in [-0.2, -0.15) is 0 Å². The fourth-order valence-corrected chi connectivity index (χ4v) is 2.94. The monoisotopic (exact) mass is 426 g/mol. The van der Waals surface area contributed by atoms with Crippen molar-refractivity contribution in [2.75, 3.05) is 7.11 Å². The first-order chi connectivity index (χ1) is 14.6. The van der Waals surface area contributed by atoms with Gasteiger partial charge in [-0.3, -0.25) is 12.9 Å². The Morgan fingerprint density at radius 3 is 1.42 bits per heavy atom. The number of methoxy groups -OCH3 is 1. The number of hydrogen-bond acceptors (Lipinski definition) is 1. The zero-order valence-corrected chi connectivity index (χ0v) is 16.6. The van der Waals surface area contributed by atoms with E-state index in [2.05, 4.69) is 48.5 Å². The van der Waals surface area contributed by atoms with Crippen LogP contribution in [-0.4, -0.2) is 14.7 Å². The van der Waals surface area contributed by atoms with Gasteiger partial charge in [-0.15, -0.1) is 0 Å². The summed E-state index contributed by atoms with van der Waals surface area (Å²) in [7, 11) is -1.99. The molecule has 1 heterocycles. The highest BCUT2D eigenvalue weighted by atomic mass is 19.4. The Morgan fingerprint density at radius 1 is 0.613 bits per heavy atom. The molecule has 1 aromatic heterocycles. The largest absolute Gasteiger partial charge is 1.00 e. The maximum atomic E-state index is 9.67. The maximum Gasteiger partial charge on any atom is 0.762 e. The van der Waals surface area contributed by atoms with Crippen LogP contribution in [0.15, 0.2) is 101 Å². The van der Waals surface area contributed by atoms with Crippen LogP contribution in [0.25, 0.3) is 33.8 Å². The van der Waals surface area contributed by atoms with Crippen molar-refractivity contribution in [3.05, 3.63) is 97.1 Å². The van der Waals surface area contributed by atoms with E-state index in [1.807, 2.05) is 48.5 Å². The molecule has 0 unspecified atom stereocenters. The van der Waals surface area contributed by atoms with Crippen LogP contribution in [0, 0.1) is 0 Å². The molecule has 0 spiro atoms. The quantitative estimate of drug-likeness (QED) is 0.273. The fraction of sp³-hybridized carbons (Fsp3) is 0.0417. The highest BCUT2D eigenvalue weighted by molar-refractivity contribution is 6.33. The smallest absolute Gasteiger partial charge is 0.762 e. The van der Waals surface area contributed by atoms with Crippen molar-refractivity contribution in [3.63, 3.8) is 0 Å². The van der Waals surface area contributed by atoms with Crippen LogP contribution in [0.1, 0.15) is 0 Å². The third-order valence-electron chi connectivity index (χ3n) is 4.33. The van der Waals surface area contributed by atoms with Gasteiger partial charge in [-0.1, -0.05) is 48.5 Å². The molecule has 0 atom stereocenters. The van der Waals surface area contributed by atoms with Crippen molar-refractivity contribution in [1.82, 2.24) is 0 Å². The topological polar surface area (TPSA) is 20.5 Å². The molecule has 158 valence electrons. The Labute approximate surface area is 178 Å². The van der Waals surface area contributed by atoms with Gasteiger partial charge in [0.2, 0.25) is 0 Å². The van der Waals surface area contributed by atoms with E-state index in [9.17, 15) is 12.9 Å². The predicted molar refractivity (Wildman–Crippen MR) is 115 cm³/mol. The Bertz CT molecular complexity index is 999. The summed E-state index contributed by atoms with van der Waals surface area (Å²) in [5.74, 6) is 2.54. The van der Waals surface area contributed by atoms with E-state index in [1.54, 1.807) is 7.11 Å². The van der Waals surface area contributed by atoms with Gasteiger partial charge in [0.25, 0.3) is 0 Å². The molecule has 0 radical (unpaired) electrons. The van der Waals surface area contributed by atoms with E-state index in [1.165, 1.54) is 0 Å². The van der Waals surface area contributed by atoms with E-state index < -0.39 is 7.54 Å². The summed E-state index contributed by atoms with van der Waals surface area (Å²) in [6, 6.07) is 32.6. The number of ether oxygens (including phenoxy) is 1. The summed E-state index contributed by atoms with van der Waals surface area (Å²) in [5, 5.41) is 0. The lowest BCUT2D eigenvalue weighted by Gasteiger charge is -2.04. The van der Waals surface area contributed by atoms with Gasteiger partial charge in [0.05, 0.1) is 30.4 Å². The molecule has 0 amide bonds. The van der Waals surface area contributed by atoms with Crippen LogP contribution in [0.5, 0.6) is 5.75 Å². The van der Waals surface area contributed by atoms with Crippen LogP contribution < -0.4 is 9.44 Å². The number of rotatable bonds is 4. The minimum Gasteiger partial charge on any atom is -1.00 e. The molecule has 0 aliphatic carbocycles. The third-order valence-corrected chi connectivity index (χ3v) is 4.33. The highest BCUT2D eigenvalue weighted by Gasteiger charge is 2.20. The average Bonchev–Trinajstić information content (AvgIpc) is 2.80. The Morgan fingerprint density at radius 2 is 1.03 bits per heavy atom. The molecule has 2 nitrogen and oxygen atoms in total. The summed E-state index contributed by atoms with van der Waals surface area (Å²) in [6.07, 6.45) is 0.